The number of benzene rings is 22. The molecule has 0 spiro atoms. The summed E-state index contributed by atoms with van der Waals surface area (Å²) in [6, 6.07) is 156. The van der Waals surface area contributed by atoms with E-state index in [4.69, 9.17) is 29.9 Å². The summed E-state index contributed by atoms with van der Waals surface area (Å²) in [5, 5.41) is 29.7. The lowest BCUT2D eigenvalue weighted by atomic mass is 9.80. The lowest BCUT2D eigenvalue weighted by Crippen LogP contribution is -2.15. The molecule has 22 aromatic carbocycles. The summed E-state index contributed by atoms with van der Waals surface area (Å²) in [6.45, 7) is 4.68. The second kappa shape index (κ2) is 31.6. The van der Waals surface area contributed by atoms with Crippen molar-refractivity contribution in [1.29, 1.82) is 0 Å². The van der Waals surface area contributed by atoms with E-state index in [0.29, 0.717) is 17.8 Å². The van der Waals surface area contributed by atoms with Crippen LogP contribution in [-0.4, -0.2) is 48.2 Å². The monoisotopic (exact) mass is 1870 g/mol. The van der Waals surface area contributed by atoms with Crippen LogP contribution in [0.4, 0.5) is 4.39 Å². The first kappa shape index (κ1) is 81.7. The Morgan fingerprint density at radius 1 is 0.236 bits per heavy atom. The fourth-order valence-corrected chi connectivity index (χ4v) is 26.2. The molecule has 672 valence electrons. The van der Waals surface area contributed by atoms with Crippen molar-refractivity contribution in [2.24, 2.45) is 0 Å². The van der Waals surface area contributed by atoms with Gasteiger partial charge in [-0.1, -0.05) is 347 Å². The molecule has 0 aliphatic heterocycles. The fourth-order valence-electron chi connectivity index (χ4n) is 23.8. The zero-order valence-electron chi connectivity index (χ0n) is 77.8. The van der Waals surface area contributed by atoms with Crippen LogP contribution in [0.1, 0.15) is 25.0 Å². The standard InChI is InChI=1S/C48H28N4S.C43H28FN3.C40H23N3S/c1-2-16-31(17-3-1)51-37-23-10-8-20-35(37)43-38(51)27-28-40-44(43)42-33-19-7-5-14-30(33)25-26-39(42)52(40)48-49-45(34-22-12-15-29-13-4-6-18-32(29)34)47-46(50-48)36-21-9-11-24-41(36)53-47;1-43(2)35-14-8-7-13-31(35)32-23-24-36-37(38(32)43)33-21-17-26-10-4-6-12-30(26)41(33)47(36)42-45-39(27-15-19-28(44)20-16-27)34-22-18-25-9-3-5-11-29(25)40(34)46-42;1-2-12-26-23-36-32(22-25(26)11-1)29-20-21-35-37(39(29)44-36)31-16-6-8-19-34(31)43(35)40-41-33-18-7-5-15-30(33)38(42-40)28-17-9-13-24-10-3-4-14-27(24)28/h1-28H;3-24H,1-2H3;1-23H. The molecule has 13 heteroatoms. The van der Waals surface area contributed by atoms with Gasteiger partial charge in [0, 0.05) is 123 Å². The van der Waals surface area contributed by atoms with Gasteiger partial charge in [-0.15, -0.1) is 22.7 Å². The minimum atomic E-state index is -0.274. The number of fused-ring (bicyclic) bond motifs is 35. The average Bonchev–Trinajstić information content (AvgIpc) is 1.53. The fraction of sp³-hybridized carbons (Fsp3) is 0.0229. The Morgan fingerprint density at radius 3 is 1.44 bits per heavy atom. The summed E-state index contributed by atoms with van der Waals surface area (Å²) < 4.78 is 28.3. The Balaban J connectivity index is 0.000000101. The van der Waals surface area contributed by atoms with Gasteiger partial charge in [-0.05, 0) is 185 Å². The molecule has 0 N–H and O–H groups in total. The van der Waals surface area contributed by atoms with Gasteiger partial charge in [-0.25, -0.2) is 34.3 Å². The molecular formula is C131H79FN10S2. The van der Waals surface area contributed by atoms with Gasteiger partial charge in [0.15, 0.2) is 0 Å². The topological polar surface area (TPSA) is 97.1 Å². The normalized spacial score (nSPS) is 12.6. The first-order chi connectivity index (χ1) is 71.1. The maximum atomic E-state index is 14.2. The molecule has 10 nitrogen and oxygen atoms in total. The van der Waals surface area contributed by atoms with Crippen LogP contribution in [0, 0.1) is 5.82 Å². The Bertz CT molecular complexity index is 11000. The maximum Gasteiger partial charge on any atom is 0.235 e. The Kier molecular flexibility index (Phi) is 17.9. The quantitative estimate of drug-likeness (QED) is 0.148. The molecule has 0 bridgehead atoms. The molecule has 32 rings (SSSR count). The van der Waals surface area contributed by atoms with Gasteiger partial charge in [-0.3, -0.25) is 13.7 Å². The van der Waals surface area contributed by atoms with Crippen molar-refractivity contribution in [1.82, 2.24) is 48.2 Å². The second-order valence-electron chi connectivity index (χ2n) is 38.3. The average molecular weight is 1880 g/mol. The molecule has 0 saturated heterocycles. The van der Waals surface area contributed by atoms with E-state index < -0.39 is 0 Å². The predicted octanol–water partition coefficient (Wildman–Crippen LogP) is 35.2. The molecule has 0 radical (unpaired) electrons. The van der Waals surface area contributed by atoms with Crippen LogP contribution in [0.3, 0.4) is 0 Å². The van der Waals surface area contributed by atoms with Gasteiger partial charge in [-0.2, -0.15) is 0 Å². The first-order valence-electron chi connectivity index (χ1n) is 48.8. The van der Waals surface area contributed by atoms with Crippen LogP contribution in [0.15, 0.2) is 443 Å². The van der Waals surface area contributed by atoms with E-state index in [9.17, 15) is 4.39 Å². The molecule has 0 amide bonds. The molecule has 0 saturated carbocycles. The molecule has 9 aromatic heterocycles. The van der Waals surface area contributed by atoms with Gasteiger partial charge >= 0.3 is 0 Å². The summed E-state index contributed by atoms with van der Waals surface area (Å²) in [6.07, 6.45) is 0. The van der Waals surface area contributed by atoms with Crippen LogP contribution in [0.5, 0.6) is 0 Å². The molecule has 31 aromatic rings. The van der Waals surface area contributed by atoms with Crippen molar-refractivity contribution in [2.45, 2.75) is 19.3 Å². The molecule has 0 fully saturated rings. The van der Waals surface area contributed by atoms with Crippen molar-refractivity contribution in [3.05, 3.63) is 460 Å². The van der Waals surface area contributed by atoms with Crippen LogP contribution in [0.25, 0.3) is 283 Å². The number of rotatable bonds is 7. The SMILES string of the molecule is CC1(C)c2ccccc2-c2ccc3c(c21)c1ccc2ccccc2c1n3-c1nc(-c2ccc(F)cc2)c2ccc3ccccc3c2n1.c1ccc(-n2c3ccccc3c3c4c5c6ccccc6ccc5n(-c5nc(-c6cccc7ccccc67)c6sc7ccccc7c6n5)c4ccc32)cc1.c1ccc2cc3c(cc2c1)sc1c3ccc2c1c1ccccc1n2-c1nc(-c2cccc3ccccc23)c2ccccc2n1. The van der Waals surface area contributed by atoms with Crippen molar-refractivity contribution >= 4 is 237 Å². The number of aromatic nitrogens is 10. The van der Waals surface area contributed by atoms with E-state index in [2.05, 4.69) is 451 Å². The van der Waals surface area contributed by atoms with Crippen LogP contribution in [-0.2, 0) is 5.41 Å². The summed E-state index contributed by atoms with van der Waals surface area (Å²) >= 11 is 3.65. The van der Waals surface area contributed by atoms with Crippen LogP contribution < -0.4 is 0 Å². The molecule has 0 unspecified atom stereocenters. The van der Waals surface area contributed by atoms with Crippen LogP contribution in [0.2, 0.25) is 0 Å². The lowest BCUT2D eigenvalue weighted by molar-refractivity contribution is 0.628. The van der Waals surface area contributed by atoms with E-state index in [1.807, 2.05) is 23.5 Å². The van der Waals surface area contributed by atoms with Gasteiger partial charge in [0.05, 0.1) is 82.5 Å². The number of hydrogen-bond acceptors (Lipinski definition) is 8. The summed E-state index contributed by atoms with van der Waals surface area (Å²) in [5.74, 6) is 1.68. The maximum absolute atomic E-state index is 14.2. The number of hydrogen-bond donors (Lipinski definition) is 0. The molecular weight excluding hydrogens is 1800 g/mol. The second-order valence-corrected chi connectivity index (χ2v) is 40.4. The molecule has 0 atom stereocenters. The Labute approximate surface area is 830 Å². The van der Waals surface area contributed by atoms with Crippen LogP contribution >= 0.6 is 22.7 Å². The first-order valence-corrected chi connectivity index (χ1v) is 50.4. The molecule has 1 aliphatic rings. The Morgan fingerprint density at radius 2 is 0.694 bits per heavy atom. The van der Waals surface area contributed by atoms with E-state index in [1.54, 1.807) is 11.3 Å². The summed E-state index contributed by atoms with van der Waals surface area (Å²) in [5.41, 5.74) is 23.7. The van der Waals surface area contributed by atoms with Gasteiger partial charge in [0.1, 0.15) is 5.82 Å². The summed E-state index contributed by atoms with van der Waals surface area (Å²) in [7, 11) is 0. The highest BCUT2D eigenvalue weighted by Gasteiger charge is 2.39. The Hall–Kier alpha value is -18.3. The predicted molar refractivity (Wildman–Crippen MR) is 603 cm³/mol. The van der Waals surface area contributed by atoms with Crippen molar-refractivity contribution < 1.29 is 4.39 Å². The van der Waals surface area contributed by atoms with E-state index >= 15 is 0 Å². The smallest absolute Gasteiger partial charge is 0.235 e. The highest BCUT2D eigenvalue weighted by Crippen LogP contribution is 2.56. The number of nitrogens with zero attached hydrogens (tertiary/aromatic N) is 10. The molecule has 1 aliphatic carbocycles. The van der Waals surface area contributed by atoms with E-state index in [0.717, 1.165) is 132 Å². The van der Waals surface area contributed by atoms with Gasteiger partial charge in [0.2, 0.25) is 17.8 Å². The third-order valence-corrected chi connectivity index (χ3v) is 32.5. The van der Waals surface area contributed by atoms with Crippen molar-refractivity contribution in [2.75, 3.05) is 0 Å². The minimum absolute atomic E-state index is 0.199. The molecule has 9 heterocycles. The largest absolute Gasteiger partial charge is 0.309 e. The van der Waals surface area contributed by atoms with Crippen molar-refractivity contribution in [3.63, 3.8) is 0 Å². The number of para-hydroxylation sites is 4. The summed E-state index contributed by atoms with van der Waals surface area (Å²) in [4.78, 5) is 32.4. The molecule has 144 heavy (non-hydrogen) atoms. The highest BCUT2D eigenvalue weighted by atomic mass is 32.1. The lowest BCUT2D eigenvalue weighted by Gasteiger charge is -2.22. The third kappa shape index (κ3) is 12.2. The van der Waals surface area contributed by atoms with Gasteiger partial charge < -0.3 is 4.57 Å². The minimum Gasteiger partial charge on any atom is -0.309 e. The number of thiophene rings is 2. The third-order valence-electron chi connectivity index (χ3n) is 30.1. The van der Waals surface area contributed by atoms with Gasteiger partial charge in [0.25, 0.3) is 0 Å². The number of halogens is 1. The van der Waals surface area contributed by atoms with Crippen molar-refractivity contribution in [3.8, 4) is 68.4 Å². The highest BCUT2D eigenvalue weighted by molar-refractivity contribution is 7.27. The zero-order chi connectivity index (χ0) is 94.8. The zero-order valence-corrected chi connectivity index (χ0v) is 79.4. The van der Waals surface area contributed by atoms with E-state index in [-0.39, 0.29) is 11.2 Å². The van der Waals surface area contributed by atoms with E-state index in [1.165, 1.54) is 156 Å².